The van der Waals surface area contributed by atoms with E-state index >= 15 is 0 Å². The maximum absolute atomic E-state index is 14.9. The van der Waals surface area contributed by atoms with Gasteiger partial charge in [0.25, 0.3) is 45.9 Å². The van der Waals surface area contributed by atoms with Crippen molar-refractivity contribution in [3.63, 3.8) is 0 Å². The highest BCUT2D eigenvalue weighted by molar-refractivity contribution is 6.32. The fraction of sp³-hybridized carbons (Fsp3) is 0.370. The molecule has 2 N–H and O–H groups in total. The number of nitrogens with zero attached hydrogens (tertiary/aromatic N) is 4. The Bertz CT molecular complexity index is 3680. The van der Waals surface area contributed by atoms with Gasteiger partial charge in [-0.1, -0.05) is 38.5 Å². The number of ketones is 3. The minimum absolute atomic E-state index is 0.00467. The van der Waals surface area contributed by atoms with Crippen molar-refractivity contribution in [2.75, 3.05) is 0 Å². The van der Waals surface area contributed by atoms with Gasteiger partial charge in [-0.3, -0.25) is 76.5 Å². The number of primary amides is 1. The van der Waals surface area contributed by atoms with E-state index in [2.05, 4.69) is 0 Å². The molecule has 6 aromatic rings. The molecule has 0 spiro atoms. The number of aromatic nitrogens is 2. The van der Waals surface area contributed by atoms with E-state index in [0.717, 1.165) is 18.9 Å². The van der Waals surface area contributed by atoms with E-state index in [1.54, 1.807) is 0 Å². The zero-order valence-electron chi connectivity index (χ0n) is 38.1. The normalized spacial score (nSPS) is 26.2. The van der Waals surface area contributed by atoms with Gasteiger partial charge < -0.3 is 5.73 Å². The van der Waals surface area contributed by atoms with Crippen LogP contribution in [0.2, 0.25) is 0 Å². The summed E-state index contributed by atoms with van der Waals surface area (Å²) < 4.78 is 2.14. The molecule has 3 saturated carbocycles. The van der Waals surface area contributed by atoms with Gasteiger partial charge in [-0.2, -0.15) is 0 Å². The first kappa shape index (κ1) is 43.2. The van der Waals surface area contributed by atoms with Gasteiger partial charge in [0, 0.05) is 62.7 Å². The van der Waals surface area contributed by atoms with Crippen molar-refractivity contribution in [2.45, 2.75) is 108 Å². The number of imide groups is 2. The third-order valence-electron chi connectivity index (χ3n) is 17.3. The Balaban J connectivity index is 1.02. The average Bonchev–Trinajstić information content (AvgIpc) is 3.96. The molecule has 11 aliphatic heterocycles. The number of rotatable bonds is 1. The first-order valence-electron chi connectivity index (χ1n) is 24.6. The summed E-state index contributed by atoms with van der Waals surface area (Å²) in [6, 6.07) is 6.88. The Morgan fingerprint density at radius 3 is 1.44 bits per heavy atom. The van der Waals surface area contributed by atoms with Crippen molar-refractivity contribution in [3.05, 3.63) is 134 Å². The van der Waals surface area contributed by atoms with Crippen molar-refractivity contribution in [3.8, 4) is 0 Å². The number of carbonyl (C=O) groups is 8. The fourth-order valence-corrected chi connectivity index (χ4v) is 14.1. The molecule has 13 heterocycles. The number of benzene rings is 4. The number of carbonyl (C=O) groups excluding carboxylic acids is 8. The average molecular weight is 954 g/mol. The highest BCUT2D eigenvalue weighted by Gasteiger charge is 2.53. The largest absolute Gasteiger partial charge is 0.366 e. The van der Waals surface area contributed by atoms with Crippen LogP contribution >= 0.6 is 0 Å². The number of hydrogen-bond acceptors (Lipinski definition) is 12. The minimum atomic E-state index is -1.35. The first-order chi connectivity index (χ1) is 34.2. The second-order valence-electron chi connectivity index (χ2n) is 20.6. The van der Waals surface area contributed by atoms with Crippen LogP contribution in [0.1, 0.15) is 178 Å². The zero-order chi connectivity index (χ0) is 49.2. The zero-order valence-corrected chi connectivity index (χ0v) is 38.1. The number of nitrogens with two attached hydrogens (primary N) is 1. The van der Waals surface area contributed by atoms with E-state index in [9.17, 15) is 57.5 Å². The van der Waals surface area contributed by atoms with Gasteiger partial charge in [0.15, 0.2) is 17.3 Å². The van der Waals surface area contributed by atoms with Gasteiger partial charge in [0.1, 0.15) is 0 Å². The van der Waals surface area contributed by atoms with Crippen molar-refractivity contribution in [1.82, 2.24) is 18.9 Å². The second-order valence-corrected chi connectivity index (χ2v) is 20.6. The SMILES string of the molecule is NC(=O)c1ccc2c3c4ccc(c13)C(=O)C[C@@H]1CCCC[C@H]1n1c(=O)c3cc5c(=O)n(c(=O)c5cc3c1=O)[C@@H]1CCCC[C@H]1N1C(=O)c3cc5c(cc3C1=O)C(=O)C(C5=O)[C@@H]1CCCC[C@H]1N(C2=O)C4=O. The second kappa shape index (κ2) is 15.1. The summed E-state index contributed by atoms with van der Waals surface area (Å²) in [5.41, 5.74) is 2.57. The molecule has 71 heavy (non-hydrogen) atoms. The summed E-state index contributed by atoms with van der Waals surface area (Å²) in [5.74, 6) is -8.41. The molecule has 18 bridgehead atoms. The van der Waals surface area contributed by atoms with Crippen molar-refractivity contribution in [2.24, 2.45) is 23.5 Å². The molecule has 0 radical (unpaired) electrons. The van der Waals surface area contributed by atoms with Crippen LogP contribution < -0.4 is 28.0 Å². The molecule has 5 amide bonds. The third-order valence-corrected chi connectivity index (χ3v) is 17.3. The minimum Gasteiger partial charge on any atom is -0.366 e. The van der Waals surface area contributed by atoms with Crippen LogP contribution in [0, 0.1) is 17.8 Å². The van der Waals surface area contributed by atoms with E-state index in [1.165, 1.54) is 48.5 Å². The molecule has 2 aromatic heterocycles. The fourth-order valence-electron chi connectivity index (χ4n) is 14.1. The molecule has 17 heteroatoms. The lowest BCUT2D eigenvalue weighted by atomic mass is 9.73. The first-order valence-corrected chi connectivity index (χ1v) is 24.6. The van der Waals surface area contributed by atoms with Crippen LogP contribution in [-0.4, -0.2) is 77.9 Å². The van der Waals surface area contributed by atoms with E-state index in [1.807, 2.05) is 0 Å². The Kier molecular flexibility index (Phi) is 9.19. The van der Waals surface area contributed by atoms with Crippen molar-refractivity contribution < 1.29 is 38.4 Å². The standard InChI is InChI=1S/C54H43N5O12/c55-46(63)25-14-16-27-42-26-15-13-24(41(25)42)40(60)17-22-7-1-3-9-36(22)56-49(66)32-20-34-35(21-33(32)50(56)67)54(71)59(53(34)70)39-12-6-5-11-38(39)58-51(68)30-18-28-29(19-31(30)52(58)69)45(62)43(44(28)61)23-8-2-4-10-37(23)57(47(26)64)48(27)65/h13-16,18-23,36-39,43H,1-12,17H2,(H2,55,63)/t22-,23+,36+,37+,38+,39+/m0/s1. The molecule has 6 atom stereocenters. The van der Waals surface area contributed by atoms with Crippen molar-refractivity contribution >= 4 is 79.2 Å². The summed E-state index contributed by atoms with van der Waals surface area (Å²) in [5, 5.41) is -0.332. The molecule has 4 aromatic carbocycles. The maximum atomic E-state index is 14.9. The third kappa shape index (κ3) is 5.68. The Morgan fingerprint density at radius 1 is 0.437 bits per heavy atom. The van der Waals surface area contributed by atoms with Crippen LogP contribution in [-0.2, 0) is 0 Å². The van der Waals surface area contributed by atoms with Crippen LogP contribution in [0.5, 0.6) is 0 Å². The summed E-state index contributed by atoms with van der Waals surface area (Å²) in [7, 11) is 0. The summed E-state index contributed by atoms with van der Waals surface area (Å²) >= 11 is 0. The Hall–Kier alpha value is -7.82. The van der Waals surface area contributed by atoms with Crippen LogP contribution in [0.4, 0.5) is 0 Å². The molecular weight excluding hydrogens is 911 g/mol. The quantitative estimate of drug-likeness (QED) is 0.167. The smallest absolute Gasteiger partial charge is 0.261 e. The summed E-state index contributed by atoms with van der Waals surface area (Å²) in [4.78, 5) is 176. The van der Waals surface area contributed by atoms with Crippen LogP contribution in [0.25, 0.3) is 32.3 Å². The molecule has 15 aliphatic rings. The van der Waals surface area contributed by atoms with Gasteiger partial charge in [0.2, 0.25) is 5.91 Å². The Morgan fingerprint density at radius 2 is 0.873 bits per heavy atom. The molecule has 0 unspecified atom stereocenters. The van der Waals surface area contributed by atoms with Gasteiger partial charge in [-0.25, -0.2) is 0 Å². The predicted molar refractivity (Wildman–Crippen MR) is 254 cm³/mol. The number of amides is 5. The van der Waals surface area contributed by atoms with Crippen LogP contribution in [0.3, 0.4) is 0 Å². The van der Waals surface area contributed by atoms with Gasteiger partial charge in [-0.05, 0) is 98.9 Å². The molecule has 0 saturated heterocycles. The van der Waals surface area contributed by atoms with Gasteiger partial charge in [-0.15, -0.1) is 0 Å². The van der Waals surface area contributed by atoms with E-state index in [0.29, 0.717) is 57.8 Å². The molecular formula is C54H43N5O12. The van der Waals surface area contributed by atoms with E-state index in [-0.39, 0.29) is 103 Å². The van der Waals surface area contributed by atoms with Gasteiger partial charge >= 0.3 is 0 Å². The Labute approximate surface area is 400 Å². The highest BCUT2D eigenvalue weighted by Crippen LogP contribution is 2.46. The number of Topliss-reactive ketones (excluding diaryl/α,β-unsaturated/α-hetero) is 3. The molecule has 356 valence electrons. The molecule has 21 rings (SSSR count). The lowest BCUT2D eigenvalue weighted by Crippen LogP contribution is -2.53. The van der Waals surface area contributed by atoms with Crippen molar-refractivity contribution in [1.29, 1.82) is 0 Å². The highest BCUT2D eigenvalue weighted by atomic mass is 16.2. The predicted octanol–water partition coefficient (Wildman–Crippen LogP) is 5.11. The van der Waals surface area contributed by atoms with E-state index < -0.39 is 111 Å². The van der Waals surface area contributed by atoms with Gasteiger partial charge in [0.05, 0.1) is 50.7 Å². The van der Waals surface area contributed by atoms with E-state index in [4.69, 9.17) is 5.73 Å². The van der Waals surface area contributed by atoms with Crippen LogP contribution in [0.15, 0.2) is 67.7 Å². The molecule has 17 nitrogen and oxygen atoms in total. The number of hydrogen-bond donors (Lipinski definition) is 1. The maximum Gasteiger partial charge on any atom is 0.261 e. The lowest BCUT2D eigenvalue weighted by molar-refractivity contribution is 0.0339. The molecule has 4 aliphatic carbocycles. The lowest BCUT2D eigenvalue weighted by Gasteiger charge is -2.42. The molecule has 3 fully saturated rings. The summed E-state index contributed by atoms with van der Waals surface area (Å²) in [6.07, 6.45) is 5.15. The summed E-state index contributed by atoms with van der Waals surface area (Å²) in [6.45, 7) is 0. The monoisotopic (exact) mass is 953 g/mol. The topological polar surface area (TPSA) is 247 Å².